The molecule has 0 amide bonds. The predicted molar refractivity (Wildman–Crippen MR) is 76.7 cm³/mol. The lowest BCUT2D eigenvalue weighted by Gasteiger charge is -2.17. The van der Waals surface area contributed by atoms with Crippen LogP contribution in [0.15, 0.2) is 29.4 Å². The van der Waals surface area contributed by atoms with Gasteiger partial charge in [0, 0.05) is 12.2 Å². The van der Waals surface area contributed by atoms with Gasteiger partial charge in [-0.05, 0) is 30.9 Å². The van der Waals surface area contributed by atoms with Gasteiger partial charge in [-0.1, -0.05) is 19.4 Å². The van der Waals surface area contributed by atoms with E-state index in [-0.39, 0.29) is 16.9 Å². The van der Waals surface area contributed by atoms with E-state index in [9.17, 15) is 8.42 Å². The molecule has 1 aliphatic rings. The summed E-state index contributed by atoms with van der Waals surface area (Å²) < 4.78 is 29.4. The van der Waals surface area contributed by atoms with Crippen LogP contribution in [0.2, 0.25) is 0 Å². The Bertz CT molecular complexity index is 738. The van der Waals surface area contributed by atoms with E-state index in [4.69, 9.17) is 5.73 Å². The molecule has 0 saturated heterocycles. The van der Waals surface area contributed by atoms with E-state index in [0.29, 0.717) is 11.6 Å². The molecule has 0 bridgehead atoms. The molecule has 20 heavy (non-hydrogen) atoms. The fourth-order valence-corrected chi connectivity index (χ4v) is 4.43. The van der Waals surface area contributed by atoms with Crippen molar-refractivity contribution in [2.45, 2.75) is 37.3 Å². The number of pyridine rings is 1. The molecular formula is C13H18N4O2S. The van der Waals surface area contributed by atoms with Gasteiger partial charge >= 0.3 is 0 Å². The highest BCUT2D eigenvalue weighted by Crippen LogP contribution is 2.27. The summed E-state index contributed by atoms with van der Waals surface area (Å²) in [5.74, 6) is 0.388. The van der Waals surface area contributed by atoms with Crippen LogP contribution in [0, 0.1) is 5.92 Å². The second kappa shape index (κ2) is 4.75. The van der Waals surface area contributed by atoms with Crippen LogP contribution in [0.3, 0.4) is 0 Å². The van der Waals surface area contributed by atoms with Crippen LogP contribution in [0.1, 0.15) is 26.2 Å². The number of hydrogen-bond donors (Lipinski definition) is 2. The third kappa shape index (κ3) is 2.16. The summed E-state index contributed by atoms with van der Waals surface area (Å²) in [7, 11) is -3.67. The molecule has 2 unspecified atom stereocenters. The van der Waals surface area contributed by atoms with Crippen molar-refractivity contribution in [3.8, 4) is 0 Å². The van der Waals surface area contributed by atoms with Crippen LogP contribution in [0.4, 0.5) is 5.82 Å². The molecule has 0 radical (unpaired) electrons. The Balaban J connectivity index is 2.03. The van der Waals surface area contributed by atoms with Crippen molar-refractivity contribution < 1.29 is 8.42 Å². The number of anilines is 1. The summed E-state index contributed by atoms with van der Waals surface area (Å²) in [5.41, 5.74) is 6.33. The van der Waals surface area contributed by atoms with Crippen molar-refractivity contribution in [3.05, 3.63) is 24.4 Å². The Kier molecular flexibility index (Phi) is 3.18. The highest BCUT2D eigenvalue weighted by Gasteiger charge is 2.31. The van der Waals surface area contributed by atoms with E-state index >= 15 is 0 Å². The zero-order valence-corrected chi connectivity index (χ0v) is 12.1. The van der Waals surface area contributed by atoms with Crippen LogP contribution in [-0.2, 0) is 10.0 Å². The van der Waals surface area contributed by atoms with Crippen LogP contribution in [0.5, 0.6) is 0 Å². The first-order valence-corrected chi connectivity index (χ1v) is 8.22. The summed E-state index contributed by atoms with van der Waals surface area (Å²) >= 11 is 0. The average Bonchev–Trinajstić information content (AvgIpc) is 2.92. The monoisotopic (exact) mass is 294 g/mol. The number of sulfonamides is 1. The molecule has 2 heterocycles. The topological polar surface area (TPSA) is 89.5 Å². The van der Waals surface area contributed by atoms with Gasteiger partial charge in [0.15, 0.2) is 10.8 Å². The third-order valence-corrected chi connectivity index (χ3v) is 5.46. The molecule has 0 spiro atoms. The number of fused-ring (bicyclic) bond motifs is 1. The number of imidazole rings is 1. The average molecular weight is 294 g/mol. The van der Waals surface area contributed by atoms with Gasteiger partial charge in [-0.15, -0.1) is 0 Å². The van der Waals surface area contributed by atoms with E-state index in [1.807, 2.05) is 0 Å². The molecule has 1 fully saturated rings. The minimum Gasteiger partial charge on any atom is -0.381 e. The van der Waals surface area contributed by atoms with E-state index < -0.39 is 10.0 Å². The van der Waals surface area contributed by atoms with Gasteiger partial charge in [-0.3, -0.25) is 4.40 Å². The lowest BCUT2D eigenvalue weighted by molar-refractivity contribution is 0.475. The summed E-state index contributed by atoms with van der Waals surface area (Å²) in [5, 5.41) is 0.0344. The third-order valence-electron chi connectivity index (χ3n) is 3.93. The lowest BCUT2D eigenvalue weighted by Crippen LogP contribution is -2.37. The molecule has 1 aliphatic carbocycles. The summed E-state index contributed by atoms with van der Waals surface area (Å²) in [6.45, 7) is 2.07. The van der Waals surface area contributed by atoms with Crippen molar-refractivity contribution in [3.63, 3.8) is 0 Å². The van der Waals surface area contributed by atoms with E-state index in [0.717, 1.165) is 19.3 Å². The zero-order valence-electron chi connectivity index (χ0n) is 11.3. The van der Waals surface area contributed by atoms with Crippen LogP contribution >= 0.6 is 0 Å². The number of nitrogens with two attached hydrogens (primary N) is 1. The number of hydrogen-bond acceptors (Lipinski definition) is 4. The van der Waals surface area contributed by atoms with Gasteiger partial charge in [-0.2, -0.15) is 0 Å². The lowest BCUT2D eigenvalue weighted by atomic mass is 10.1. The normalized spacial score (nSPS) is 23.4. The second-order valence-electron chi connectivity index (χ2n) is 5.37. The van der Waals surface area contributed by atoms with Gasteiger partial charge in [0.25, 0.3) is 10.0 Å². The van der Waals surface area contributed by atoms with E-state index in [1.54, 1.807) is 24.4 Å². The number of nitrogens with one attached hydrogen (secondary N) is 1. The first-order valence-electron chi connectivity index (χ1n) is 6.74. The Morgan fingerprint density at radius 3 is 2.90 bits per heavy atom. The highest BCUT2D eigenvalue weighted by molar-refractivity contribution is 7.89. The maximum Gasteiger partial charge on any atom is 0.260 e. The second-order valence-corrected chi connectivity index (χ2v) is 7.00. The first-order chi connectivity index (χ1) is 9.49. The molecule has 3 N–H and O–H groups in total. The number of nitrogens with zero attached hydrogens (tertiary/aromatic N) is 2. The van der Waals surface area contributed by atoms with Gasteiger partial charge in [0.1, 0.15) is 5.65 Å². The summed E-state index contributed by atoms with van der Waals surface area (Å²) in [6.07, 6.45) is 4.63. The smallest absolute Gasteiger partial charge is 0.260 e. The van der Waals surface area contributed by atoms with Gasteiger partial charge in [0.05, 0.1) is 0 Å². The zero-order chi connectivity index (χ0) is 14.3. The standard InChI is InChI=1S/C13H18N4O2S/c1-9-5-4-6-10(9)16-20(18,19)13-12(14)15-11-7-2-3-8-17(11)13/h2-3,7-10,16H,4-6,14H2,1H3. The maximum absolute atomic E-state index is 12.6. The Labute approximate surface area is 118 Å². The van der Waals surface area contributed by atoms with Gasteiger partial charge in [0.2, 0.25) is 0 Å². The van der Waals surface area contributed by atoms with Crippen molar-refractivity contribution in [1.82, 2.24) is 14.1 Å². The Hall–Kier alpha value is -1.60. The largest absolute Gasteiger partial charge is 0.381 e. The van der Waals surface area contributed by atoms with Crippen molar-refractivity contribution in [2.75, 3.05) is 5.73 Å². The van der Waals surface area contributed by atoms with Crippen molar-refractivity contribution >= 4 is 21.5 Å². The van der Waals surface area contributed by atoms with Gasteiger partial charge < -0.3 is 5.73 Å². The molecule has 1 saturated carbocycles. The minimum absolute atomic E-state index is 0.0198. The molecule has 2 atom stereocenters. The maximum atomic E-state index is 12.6. The molecule has 2 aromatic heterocycles. The Morgan fingerprint density at radius 2 is 2.20 bits per heavy atom. The number of rotatable bonds is 3. The predicted octanol–water partition coefficient (Wildman–Crippen LogP) is 1.38. The fourth-order valence-electron chi connectivity index (χ4n) is 2.83. The molecular weight excluding hydrogens is 276 g/mol. The molecule has 0 aromatic carbocycles. The van der Waals surface area contributed by atoms with Crippen LogP contribution < -0.4 is 10.5 Å². The van der Waals surface area contributed by atoms with E-state index in [2.05, 4.69) is 16.6 Å². The molecule has 3 rings (SSSR count). The fraction of sp³-hybridized carbons (Fsp3) is 0.462. The SMILES string of the molecule is CC1CCCC1NS(=O)(=O)c1c(N)nc2ccccn12. The van der Waals surface area contributed by atoms with Crippen LogP contribution in [-0.4, -0.2) is 23.8 Å². The first kappa shape index (κ1) is 13.4. The quantitative estimate of drug-likeness (QED) is 0.895. The van der Waals surface area contributed by atoms with Crippen LogP contribution in [0.25, 0.3) is 5.65 Å². The molecule has 2 aromatic rings. The van der Waals surface area contributed by atoms with Gasteiger partial charge in [-0.25, -0.2) is 18.1 Å². The molecule has 6 nitrogen and oxygen atoms in total. The summed E-state index contributed by atoms with van der Waals surface area (Å²) in [4.78, 5) is 4.09. The number of nitrogen functional groups attached to an aromatic ring is 1. The summed E-state index contributed by atoms with van der Waals surface area (Å²) in [6, 6.07) is 5.26. The van der Waals surface area contributed by atoms with E-state index in [1.165, 1.54) is 4.40 Å². The highest BCUT2D eigenvalue weighted by atomic mass is 32.2. The number of aromatic nitrogens is 2. The molecule has 108 valence electrons. The minimum atomic E-state index is -3.67. The van der Waals surface area contributed by atoms with Crippen molar-refractivity contribution in [2.24, 2.45) is 5.92 Å². The van der Waals surface area contributed by atoms with Crippen molar-refractivity contribution in [1.29, 1.82) is 0 Å². The molecule has 7 heteroatoms. The Morgan fingerprint density at radius 1 is 1.40 bits per heavy atom. The molecule has 0 aliphatic heterocycles.